The molecule has 4 aromatic rings. The second-order valence-corrected chi connectivity index (χ2v) is 6.81. The summed E-state index contributed by atoms with van der Waals surface area (Å²) in [5.41, 5.74) is 4.71. The minimum Gasteiger partial charge on any atom is -0.361 e. The highest BCUT2D eigenvalue weighted by atomic mass is 16.1. The van der Waals surface area contributed by atoms with Crippen LogP contribution in [0.15, 0.2) is 79.1 Å². The van der Waals surface area contributed by atoms with E-state index in [1.165, 1.54) is 10.9 Å². The van der Waals surface area contributed by atoms with Gasteiger partial charge in [-0.2, -0.15) is 0 Å². The van der Waals surface area contributed by atoms with Gasteiger partial charge in [-0.1, -0.05) is 36.3 Å². The maximum absolute atomic E-state index is 12.3. The molecule has 2 aromatic carbocycles. The number of aromatic nitrogens is 2. The summed E-state index contributed by atoms with van der Waals surface area (Å²) in [6.45, 7) is 0. The largest absolute Gasteiger partial charge is 0.361 e. The van der Waals surface area contributed by atoms with Crippen molar-refractivity contribution in [2.45, 2.75) is 19.3 Å². The fourth-order valence-electron chi connectivity index (χ4n) is 3.25. The zero-order chi connectivity index (χ0) is 19.9. The summed E-state index contributed by atoms with van der Waals surface area (Å²) < 4.78 is 0. The van der Waals surface area contributed by atoms with Gasteiger partial charge in [0.25, 0.3) is 0 Å². The first-order valence-corrected chi connectivity index (χ1v) is 9.66. The van der Waals surface area contributed by atoms with Crippen LogP contribution in [0.3, 0.4) is 0 Å². The first-order chi connectivity index (χ1) is 14.3. The number of hydrogen-bond acceptors (Lipinski definition) is 2. The third-order valence-corrected chi connectivity index (χ3v) is 4.67. The van der Waals surface area contributed by atoms with E-state index in [0.717, 1.165) is 35.3 Å². The molecule has 4 heteroatoms. The van der Waals surface area contributed by atoms with Gasteiger partial charge in [-0.25, -0.2) is 4.98 Å². The molecular formula is C25H21N3O. The number of anilines is 1. The average molecular weight is 379 g/mol. The van der Waals surface area contributed by atoms with E-state index in [4.69, 9.17) is 0 Å². The number of para-hydroxylation sites is 1. The summed E-state index contributed by atoms with van der Waals surface area (Å²) in [5.74, 6) is 6.13. The smallest absolute Gasteiger partial charge is 0.224 e. The Balaban J connectivity index is 1.32. The summed E-state index contributed by atoms with van der Waals surface area (Å²) in [6.07, 6.45) is 5.90. The Morgan fingerprint density at radius 2 is 1.90 bits per heavy atom. The number of fused-ring (bicyclic) bond motifs is 1. The molecule has 0 fully saturated rings. The maximum Gasteiger partial charge on any atom is 0.224 e. The number of H-pyrrole nitrogens is 1. The lowest BCUT2D eigenvalue weighted by Gasteiger charge is -2.05. The third kappa shape index (κ3) is 4.91. The van der Waals surface area contributed by atoms with Crippen LogP contribution in [-0.2, 0) is 11.2 Å². The van der Waals surface area contributed by atoms with E-state index in [1.54, 1.807) is 6.20 Å². The van der Waals surface area contributed by atoms with Gasteiger partial charge in [-0.15, -0.1) is 0 Å². The lowest BCUT2D eigenvalue weighted by molar-refractivity contribution is -0.116. The van der Waals surface area contributed by atoms with Gasteiger partial charge in [-0.05, 0) is 60.7 Å². The van der Waals surface area contributed by atoms with Crippen molar-refractivity contribution in [2.24, 2.45) is 0 Å². The fourth-order valence-corrected chi connectivity index (χ4v) is 3.25. The number of nitrogens with zero attached hydrogens (tertiary/aromatic N) is 1. The number of carbonyl (C=O) groups is 1. The highest BCUT2D eigenvalue weighted by Crippen LogP contribution is 2.19. The Morgan fingerprint density at radius 1 is 1.00 bits per heavy atom. The molecule has 2 N–H and O–H groups in total. The highest BCUT2D eigenvalue weighted by Gasteiger charge is 2.06. The Labute approximate surface area is 170 Å². The van der Waals surface area contributed by atoms with E-state index >= 15 is 0 Å². The minimum absolute atomic E-state index is 0.0136. The summed E-state index contributed by atoms with van der Waals surface area (Å²) in [4.78, 5) is 19.8. The van der Waals surface area contributed by atoms with E-state index in [9.17, 15) is 4.79 Å². The minimum atomic E-state index is 0.0136. The van der Waals surface area contributed by atoms with Crippen molar-refractivity contribution in [2.75, 3.05) is 5.32 Å². The second kappa shape index (κ2) is 8.90. The average Bonchev–Trinajstić information content (AvgIpc) is 3.16. The molecule has 0 aliphatic heterocycles. The van der Waals surface area contributed by atoms with Crippen molar-refractivity contribution < 1.29 is 4.79 Å². The van der Waals surface area contributed by atoms with Crippen LogP contribution < -0.4 is 5.32 Å². The van der Waals surface area contributed by atoms with Gasteiger partial charge in [-0.3, -0.25) is 4.79 Å². The van der Waals surface area contributed by atoms with E-state index in [-0.39, 0.29) is 5.91 Å². The summed E-state index contributed by atoms with van der Waals surface area (Å²) in [6, 6.07) is 21.4. The topological polar surface area (TPSA) is 57.8 Å². The van der Waals surface area contributed by atoms with Crippen molar-refractivity contribution >= 4 is 22.5 Å². The van der Waals surface area contributed by atoms with Gasteiger partial charge in [0, 0.05) is 41.0 Å². The number of carbonyl (C=O) groups excluding carboxylic acids is 1. The van der Waals surface area contributed by atoms with E-state index in [1.807, 2.05) is 60.8 Å². The summed E-state index contributed by atoms with van der Waals surface area (Å²) >= 11 is 0. The molecular weight excluding hydrogens is 358 g/mol. The Bertz CT molecular complexity index is 1180. The van der Waals surface area contributed by atoms with Crippen LogP contribution in [0.25, 0.3) is 10.9 Å². The first kappa shape index (κ1) is 18.5. The van der Waals surface area contributed by atoms with Crippen molar-refractivity contribution in [1.29, 1.82) is 0 Å². The number of aromatic amines is 1. The van der Waals surface area contributed by atoms with Gasteiger partial charge in [0.15, 0.2) is 0 Å². The molecule has 0 atom stereocenters. The number of hydrogen-bond donors (Lipinski definition) is 2. The van der Waals surface area contributed by atoms with Crippen molar-refractivity contribution in [3.8, 4) is 11.8 Å². The quantitative estimate of drug-likeness (QED) is 0.483. The molecule has 0 unspecified atom stereocenters. The number of nitrogens with one attached hydrogen (secondary N) is 2. The number of rotatable bonds is 5. The van der Waals surface area contributed by atoms with Gasteiger partial charge in [0.2, 0.25) is 5.91 Å². The number of amides is 1. The molecule has 29 heavy (non-hydrogen) atoms. The monoisotopic (exact) mass is 379 g/mol. The zero-order valence-electron chi connectivity index (χ0n) is 16.0. The highest BCUT2D eigenvalue weighted by molar-refractivity contribution is 5.91. The zero-order valence-corrected chi connectivity index (χ0v) is 16.0. The van der Waals surface area contributed by atoms with Crippen LogP contribution in [-0.4, -0.2) is 15.9 Å². The molecule has 4 rings (SSSR count). The van der Waals surface area contributed by atoms with E-state index in [2.05, 4.69) is 39.3 Å². The molecule has 1 amide bonds. The molecule has 2 aromatic heterocycles. The number of pyridine rings is 1. The lowest BCUT2D eigenvalue weighted by Crippen LogP contribution is -2.11. The third-order valence-electron chi connectivity index (χ3n) is 4.67. The Hall–Kier alpha value is -3.84. The van der Waals surface area contributed by atoms with Crippen molar-refractivity contribution in [1.82, 2.24) is 9.97 Å². The van der Waals surface area contributed by atoms with Crippen molar-refractivity contribution in [3.05, 3.63) is 95.9 Å². The molecule has 0 saturated carbocycles. The number of aryl methyl sites for hydroxylation is 1. The fraction of sp³-hybridized carbons (Fsp3) is 0.120. The normalized spacial score (nSPS) is 10.3. The standard InChI is InChI=1S/C25H21N3O/c29-25(13-6-8-20-18-27-24-12-2-1-11-23(20)24)28-22-10-5-7-19(17-22)14-15-21-9-3-4-16-26-21/h1-5,7,9-12,16-18,27H,6,8,13H2,(H,28,29). The molecule has 2 heterocycles. The van der Waals surface area contributed by atoms with Gasteiger partial charge >= 0.3 is 0 Å². The van der Waals surface area contributed by atoms with E-state index in [0.29, 0.717) is 6.42 Å². The van der Waals surface area contributed by atoms with Gasteiger partial charge in [0.1, 0.15) is 5.69 Å². The van der Waals surface area contributed by atoms with Gasteiger partial charge < -0.3 is 10.3 Å². The number of benzene rings is 2. The lowest BCUT2D eigenvalue weighted by atomic mass is 10.1. The Kier molecular flexibility index (Phi) is 5.68. The Morgan fingerprint density at radius 3 is 2.79 bits per heavy atom. The van der Waals surface area contributed by atoms with Crippen LogP contribution in [0.2, 0.25) is 0 Å². The maximum atomic E-state index is 12.3. The first-order valence-electron chi connectivity index (χ1n) is 9.66. The van der Waals surface area contributed by atoms with Gasteiger partial charge in [0.05, 0.1) is 0 Å². The SMILES string of the molecule is O=C(CCCc1c[nH]c2ccccc12)Nc1cccc(C#Cc2ccccn2)c1. The van der Waals surface area contributed by atoms with Crippen molar-refractivity contribution in [3.63, 3.8) is 0 Å². The molecule has 4 nitrogen and oxygen atoms in total. The summed E-state index contributed by atoms with van der Waals surface area (Å²) in [5, 5.41) is 4.20. The summed E-state index contributed by atoms with van der Waals surface area (Å²) in [7, 11) is 0. The second-order valence-electron chi connectivity index (χ2n) is 6.81. The predicted molar refractivity (Wildman–Crippen MR) is 117 cm³/mol. The van der Waals surface area contributed by atoms with Crippen LogP contribution >= 0.6 is 0 Å². The van der Waals surface area contributed by atoms with Crippen LogP contribution in [0.4, 0.5) is 5.69 Å². The van der Waals surface area contributed by atoms with Crippen LogP contribution in [0.1, 0.15) is 29.7 Å². The van der Waals surface area contributed by atoms with E-state index < -0.39 is 0 Å². The molecule has 0 radical (unpaired) electrons. The molecule has 0 aliphatic carbocycles. The van der Waals surface area contributed by atoms with Crippen LogP contribution in [0, 0.1) is 11.8 Å². The molecule has 142 valence electrons. The molecule has 0 bridgehead atoms. The predicted octanol–water partition coefficient (Wildman–Crippen LogP) is 4.92. The molecule has 0 saturated heterocycles. The molecule has 0 spiro atoms. The van der Waals surface area contributed by atoms with Crippen LogP contribution in [0.5, 0.6) is 0 Å². The molecule has 0 aliphatic rings.